The molecule has 0 saturated heterocycles. The Balaban J connectivity index is 0.969. The summed E-state index contributed by atoms with van der Waals surface area (Å²) in [5, 5.41) is 7.57. The van der Waals surface area contributed by atoms with E-state index < -0.39 is 0 Å². The van der Waals surface area contributed by atoms with Crippen LogP contribution in [-0.2, 0) is 5.41 Å². The maximum atomic E-state index is 5.37. The Morgan fingerprint density at radius 1 is 0.333 bits per heavy atom. The predicted molar refractivity (Wildman–Crippen MR) is 280 cm³/mol. The van der Waals surface area contributed by atoms with Crippen LogP contribution in [0.3, 0.4) is 0 Å². The highest BCUT2D eigenvalue weighted by Crippen LogP contribution is 2.53. The predicted octanol–water partition coefficient (Wildman–Crippen LogP) is 17.5. The van der Waals surface area contributed by atoms with Crippen LogP contribution in [0.1, 0.15) is 25.0 Å². The molecule has 0 saturated carbocycles. The first-order valence-electron chi connectivity index (χ1n) is 22.7. The number of hydrogen-bond donors (Lipinski definition) is 0. The van der Waals surface area contributed by atoms with Gasteiger partial charge in [-0.05, 0) is 132 Å². The number of hydrogen-bond acceptors (Lipinski definition) is 3. The highest BCUT2D eigenvalue weighted by atomic mass is 32.1. The molecular formula is C63H42N2S. The summed E-state index contributed by atoms with van der Waals surface area (Å²) in [6, 6.07) is 79.8. The molecule has 0 unspecified atom stereocenters. The summed E-state index contributed by atoms with van der Waals surface area (Å²) in [6.45, 7) is 4.72. The zero-order chi connectivity index (χ0) is 43.9. The summed E-state index contributed by atoms with van der Waals surface area (Å²) in [7, 11) is 0. The van der Waals surface area contributed by atoms with Crippen molar-refractivity contribution in [3.63, 3.8) is 0 Å². The molecule has 10 aromatic carbocycles. The van der Waals surface area contributed by atoms with Crippen molar-refractivity contribution in [3.05, 3.63) is 230 Å². The van der Waals surface area contributed by atoms with E-state index in [1.807, 2.05) is 17.4 Å². The van der Waals surface area contributed by atoms with Gasteiger partial charge in [-0.15, -0.1) is 11.3 Å². The van der Waals surface area contributed by atoms with Crippen molar-refractivity contribution in [1.82, 2.24) is 9.97 Å². The molecule has 66 heavy (non-hydrogen) atoms. The topological polar surface area (TPSA) is 25.8 Å². The molecule has 0 fully saturated rings. The number of fused-ring (bicyclic) bond motifs is 8. The third kappa shape index (κ3) is 6.30. The molecule has 0 aliphatic heterocycles. The lowest BCUT2D eigenvalue weighted by atomic mass is 9.81. The standard InChI is InChI=1S/C63H42N2S/c1-63(2)55-24-13-23-51(61(55)54-36-43-17-6-7-18-44(43)37-56(54)63)40-26-28-41(29-27-40)57-38-58(65-62(64-57)42-15-4-3-5-16-42)48-33-46(32-47(34-48)50-22-12-19-39-14-8-9-20-49(39)50)45-30-31-60-53(35-45)52-21-10-11-25-59(52)66-60/h3-38H,1-2H3. The van der Waals surface area contributed by atoms with E-state index in [0.717, 1.165) is 39.2 Å². The highest BCUT2D eigenvalue weighted by Gasteiger charge is 2.37. The Labute approximate surface area is 388 Å². The molecule has 1 aliphatic carbocycles. The molecule has 12 aromatic rings. The van der Waals surface area contributed by atoms with Crippen LogP contribution >= 0.6 is 11.3 Å². The maximum Gasteiger partial charge on any atom is 0.160 e. The molecule has 1 aliphatic rings. The van der Waals surface area contributed by atoms with Crippen LogP contribution in [0, 0.1) is 0 Å². The average molecular weight is 859 g/mol. The lowest BCUT2D eigenvalue weighted by Crippen LogP contribution is -2.14. The van der Waals surface area contributed by atoms with Crippen LogP contribution in [0.15, 0.2) is 218 Å². The third-order valence-corrected chi connectivity index (χ3v) is 15.0. The van der Waals surface area contributed by atoms with E-state index in [1.165, 1.54) is 86.2 Å². The lowest BCUT2D eigenvalue weighted by molar-refractivity contribution is 0.661. The number of thiophene rings is 1. The minimum atomic E-state index is -0.105. The minimum Gasteiger partial charge on any atom is -0.228 e. The molecule has 13 rings (SSSR count). The van der Waals surface area contributed by atoms with Crippen LogP contribution in [0.25, 0.3) is 120 Å². The SMILES string of the molecule is CC1(C)c2cc3ccccc3cc2-c2c(-c3ccc(-c4cc(-c5cc(-c6ccc7sc8ccccc8c7c6)cc(-c6cccc7ccccc67)c5)nc(-c5ccccc5)n4)cc3)cccc21. The number of rotatable bonds is 6. The Hall–Kier alpha value is -7.98. The summed E-state index contributed by atoms with van der Waals surface area (Å²) in [6.07, 6.45) is 0. The smallest absolute Gasteiger partial charge is 0.160 e. The van der Waals surface area contributed by atoms with Gasteiger partial charge in [-0.2, -0.15) is 0 Å². The fraction of sp³-hybridized carbons (Fsp3) is 0.0476. The summed E-state index contributed by atoms with van der Waals surface area (Å²) in [5.41, 5.74) is 17.2. The number of nitrogens with zero attached hydrogens (tertiary/aromatic N) is 2. The molecular weight excluding hydrogens is 817 g/mol. The number of benzene rings is 10. The van der Waals surface area contributed by atoms with E-state index in [4.69, 9.17) is 9.97 Å². The first-order chi connectivity index (χ1) is 32.4. The molecule has 0 atom stereocenters. The lowest BCUT2D eigenvalue weighted by Gasteiger charge is -2.22. The largest absolute Gasteiger partial charge is 0.228 e. The average Bonchev–Trinajstić information content (AvgIpc) is 3.86. The number of aromatic nitrogens is 2. The molecule has 0 spiro atoms. The van der Waals surface area contributed by atoms with Gasteiger partial charge in [0, 0.05) is 42.3 Å². The van der Waals surface area contributed by atoms with Gasteiger partial charge in [0.2, 0.25) is 0 Å². The van der Waals surface area contributed by atoms with Gasteiger partial charge in [-0.3, -0.25) is 0 Å². The Morgan fingerprint density at radius 3 is 1.77 bits per heavy atom. The van der Waals surface area contributed by atoms with Crippen molar-refractivity contribution in [2.24, 2.45) is 0 Å². The van der Waals surface area contributed by atoms with Gasteiger partial charge in [0.15, 0.2) is 5.82 Å². The van der Waals surface area contributed by atoms with Crippen LogP contribution < -0.4 is 0 Å². The van der Waals surface area contributed by atoms with Gasteiger partial charge in [0.25, 0.3) is 0 Å². The van der Waals surface area contributed by atoms with E-state index >= 15 is 0 Å². The van der Waals surface area contributed by atoms with Crippen molar-refractivity contribution >= 4 is 53.1 Å². The van der Waals surface area contributed by atoms with Gasteiger partial charge >= 0.3 is 0 Å². The van der Waals surface area contributed by atoms with Crippen molar-refractivity contribution in [1.29, 1.82) is 0 Å². The monoisotopic (exact) mass is 858 g/mol. The quantitative estimate of drug-likeness (QED) is 0.166. The fourth-order valence-corrected chi connectivity index (χ4v) is 11.6. The molecule has 310 valence electrons. The van der Waals surface area contributed by atoms with E-state index in [2.05, 4.69) is 226 Å². The minimum absolute atomic E-state index is 0.105. The summed E-state index contributed by atoms with van der Waals surface area (Å²) in [5.74, 6) is 0.697. The molecule has 0 bridgehead atoms. The fourth-order valence-electron chi connectivity index (χ4n) is 10.5. The first kappa shape index (κ1) is 38.5. The Morgan fingerprint density at radius 2 is 0.939 bits per heavy atom. The normalized spacial score (nSPS) is 12.8. The van der Waals surface area contributed by atoms with Crippen LogP contribution in [0.2, 0.25) is 0 Å². The second-order valence-electron chi connectivity index (χ2n) is 18.1. The zero-order valence-electron chi connectivity index (χ0n) is 36.6. The van der Waals surface area contributed by atoms with Gasteiger partial charge in [0.1, 0.15) is 0 Å². The Bertz CT molecular complexity index is 3890. The van der Waals surface area contributed by atoms with Crippen molar-refractivity contribution < 1.29 is 0 Å². The van der Waals surface area contributed by atoms with Crippen LogP contribution in [0.4, 0.5) is 0 Å². The van der Waals surface area contributed by atoms with E-state index in [-0.39, 0.29) is 5.41 Å². The van der Waals surface area contributed by atoms with Gasteiger partial charge in [-0.1, -0.05) is 178 Å². The van der Waals surface area contributed by atoms with Crippen LogP contribution in [-0.4, -0.2) is 9.97 Å². The van der Waals surface area contributed by atoms with E-state index in [1.54, 1.807) is 0 Å². The molecule has 2 nitrogen and oxygen atoms in total. The third-order valence-electron chi connectivity index (χ3n) is 13.9. The van der Waals surface area contributed by atoms with E-state index in [0.29, 0.717) is 5.82 Å². The Kier molecular flexibility index (Phi) is 8.78. The second-order valence-corrected chi connectivity index (χ2v) is 19.2. The molecule has 2 aromatic heterocycles. The van der Waals surface area contributed by atoms with Crippen molar-refractivity contribution in [2.45, 2.75) is 19.3 Å². The second kappa shape index (κ2) is 15.1. The molecule has 2 heterocycles. The zero-order valence-corrected chi connectivity index (χ0v) is 37.4. The van der Waals surface area contributed by atoms with Gasteiger partial charge in [-0.25, -0.2) is 9.97 Å². The summed E-state index contributed by atoms with van der Waals surface area (Å²) < 4.78 is 2.60. The van der Waals surface area contributed by atoms with Gasteiger partial charge < -0.3 is 0 Å². The van der Waals surface area contributed by atoms with Crippen molar-refractivity contribution in [3.8, 4) is 78.4 Å². The highest BCUT2D eigenvalue weighted by molar-refractivity contribution is 7.25. The molecule has 0 radical (unpaired) electrons. The maximum absolute atomic E-state index is 5.37. The van der Waals surface area contributed by atoms with E-state index in [9.17, 15) is 0 Å². The molecule has 0 N–H and O–H groups in total. The first-order valence-corrected chi connectivity index (χ1v) is 23.5. The van der Waals surface area contributed by atoms with Crippen LogP contribution in [0.5, 0.6) is 0 Å². The molecule has 3 heteroatoms. The van der Waals surface area contributed by atoms with Crippen molar-refractivity contribution in [2.75, 3.05) is 0 Å². The van der Waals surface area contributed by atoms with Gasteiger partial charge in [0.05, 0.1) is 11.4 Å². The summed E-state index contributed by atoms with van der Waals surface area (Å²) in [4.78, 5) is 10.7. The summed E-state index contributed by atoms with van der Waals surface area (Å²) >= 11 is 1.85. The molecule has 0 amide bonds.